The summed E-state index contributed by atoms with van der Waals surface area (Å²) in [4.78, 5) is 25.6. The Bertz CT molecular complexity index is 1130. The fourth-order valence-electron chi connectivity index (χ4n) is 4.13. The van der Waals surface area contributed by atoms with Crippen LogP contribution >= 0.6 is 11.3 Å². The van der Waals surface area contributed by atoms with E-state index in [9.17, 15) is 4.79 Å². The lowest BCUT2D eigenvalue weighted by atomic mass is 10.1. The van der Waals surface area contributed by atoms with Crippen LogP contribution < -0.4 is 14.8 Å². The van der Waals surface area contributed by atoms with Crippen molar-refractivity contribution in [2.24, 2.45) is 0 Å². The highest BCUT2D eigenvalue weighted by molar-refractivity contribution is 7.15. The van der Waals surface area contributed by atoms with Gasteiger partial charge in [-0.1, -0.05) is 0 Å². The fourth-order valence-corrected chi connectivity index (χ4v) is 4.82. The van der Waals surface area contributed by atoms with Crippen LogP contribution in [0.2, 0.25) is 0 Å². The summed E-state index contributed by atoms with van der Waals surface area (Å²) in [6.45, 7) is 5.75. The SMILES string of the molecule is Cc1cc(Nc2ncc(C)s2)cc([C@H]2CCCN2C(=O)c2ccc3c(c2)OCCO3)n1. The van der Waals surface area contributed by atoms with Gasteiger partial charge in [-0.3, -0.25) is 9.78 Å². The first-order valence-electron chi connectivity index (χ1n) is 10.5. The Morgan fingerprint density at radius 1 is 1.16 bits per heavy atom. The summed E-state index contributed by atoms with van der Waals surface area (Å²) in [7, 11) is 0. The number of ether oxygens (including phenoxy) is 2. The summed E-state index contributed by atoms with van der Waals surface area (Å²) in [5, 5.41) is 4.22. The lowest BCUT2D eigenvalue weighted by Crippen LogP contribution is -2.31. The number of pyridine rings is 1. The molecule has 31 heavy (non-hydrogen) atoms. The second kappa shape index (κ2) is 8.19. The molecular weight excluding hydrogens is 412 g/mol. The normalized spacial score (nSPS) is 17.6. The van der Waals surface area contributed by atoms with Crippen molar-refractivity contribution in [1.82, 2.24) is 14.9 Å². The fraction of sp³-hybridized carbons (Fsp3) is 0.348. The molecule has 0 saturated carbocycles. The zero-order chi connectivity index (χ0) is 21.4. The minimum Gasteiger partial charge on any atom is -0.486 e. The molecule has 1 aromatic carbocycles. The van der Waals surface area contributed by atoms with Crippen molar-refractivity contribution in [3.05, 3.63) is 58.4 Å². The maximum absolute atomic E-state index is 13.4. The maximum Gasteiger partial charge on any atom is 0.254 e. The van der Waals surface area contributed by atoms with Gasteiger partial charge < -0.3 is 19.7 Å². The smallest absolute Gasteiger partial charge is 0.254 e. The number of hydrogen-bond acceptors (Lipinski definition) is 7. The van der Waals surface area contributed by atoms with E-state index in [2.05, 4.69) is 10.3 Å². The van der Waals surface area contributed by atoms with E-state index < -0.39 is 0 Å². The molecule has 1 saturated heterocycles. The van der Waals surface area contributed by atoms with Gasteiger partial charge in [-0.25, -0.2) is 4.98 Å². The van der Waals surface area contributed by atoms with Crippen LogP contribution in [0.3, 0.4) is 0 Å². The highest BCUT2D eigenvalue weighted by Crippen LogP contribution is 2.36. The molecule has 5 rings (SSSR count). The molecular formula is C23H24N4O3S. The first kappa shape index (κ1) is 19.8. The lowest BCUT2D eigenvalue weighted by molar-refractivity contribution is 0.0731. The topological polar surface area (TPSA) is 76.6 Å². The van der Waals surface area contributed by atoms with Gasteiger partial charge >= 0.3 is 0 Å². The Morgan fingerprint density at radius 2 is 2.00 bits per heavy atom. The van der Waals surface area contributed by atoms with Gasteiger partial charge in [-0.15, -0.1) is 11.3 Å². The van der Waals surface area contributed by atoms with Gasteiger partial charge in [-0.05, 0) is 57.0 Å². The summed E-state index contributed by atoms with van der Waals surface area (Å²) >= 11 is 1.61. The number of carbonyl (C=O) groups is 1. The molecule has 0 aliphatic carbocycles. The highest BCUT2D eigenvalue weighted by Gasteiger charge is 2.32. The van der Waals surface area contributed by atoms with Crippen molar-refractivity contribution in [2.45, 2.75) is 32.7 Å². The Balaban J connectivity index is 1.40. The van der Waals surface area contributed by atoms with E-state index in [0.29, 0.717) is 36.8 Å². The molecule has 2 aliphatic heterocycles. The number of carbonyl (C=O) groups excluding carboxylic acids is 1. The van der Waals surface area contributed by atoms with E-state index in [1.54, 1.807) is 17.4 Å². The van der Waals surface area contributed by atoms with Crippen molar-refractivity contribution in [3.63, 3.8) is 0 Å². The van der Waals surface area contributed by atoms with E-state index in [1.807, 2.05) is 49.2 Å². The molecule has 2 aromatic heterocycles. The number of aryl methyl sites for hydroxylation is 2. The molecule has 1 fully saturated rings. The third-order valence-corrected chi connectivity index (χ3v) is 6.32. The Kier molecular flexibility index (Phi) is 5.23. The van der Waals surface area contributed by atoms with Crippen LogP contribution in [0, 0.1) is 13.8 Å². The predicted molar refractivity (Wildman–Crippen MR) is 120 cm³/mol. The zero-order valence-corrected chi connectivity index (χ0v) is 18.4. The Hall–Kier alpha value is -3.13. The van der Waals surface area contributed by atoms with Gasteiger partial charge in [-0.2, -0.15) is 0 Å². The molecule has 2 aliphatic rings. The zero-order valence-electron chi connectivity index (χ0n) is 17.6. The maximum atomic E-state index is 13.4. The van der Waals surface area contributed by atoms with Crippen LogP contribution in [0.4, 0.5) is 10.8 Å². The van der Waals surface area contributed by atoms with Crippen molar-refractivity contribution >= 4 is 28.1 Å². The molecule has 3 aromatic rings. The number of likely N-dealkylation sites (tertiary alicyclic amines) is 1. The largest absolute Gasteiger partial charge is 0.486 e. The average molecular weight is 437 g/mol. The molecule has 0 spiro atoms. The van der Waals surface area contributed by atoms with Crippen LogP contribution in [0.5, 0.6) is 11.5 Å². The van der Waals surface area contributed by atoms with Crippen LogP contribution in [0.15, 0.2) is 36.5 Å². The number of aromatic nitrogens is 2. The molecule has 0 bridgehead atoms. The number of rotatable bonds is 4. The van der Waals surface area contributed by atoms with Gasteiger partial charge in [0.15, 0.2) is 16.6 Å². The molecule has 4 heterocycles. The van der Waals surface area contributed by atoms with Crippen LogP contribution in [0.25, 0.3) is 0 Å². The van der Waals surface area contributed by atoms with Gasteiger partial charge in [0.1, 0.15) is 13.2 Å². The van der Waals surface area contributed by atoms with Crippen molar-refractivity contribution in [2.75, 3.05) is 25.1 Å². The number of fused-ring (bicyclic) bond motifs is 1. The number of thiazole rings is 1. The molecule has 8 heteroatoms. The number of hydrogen-bond donors (Lipinski definition) is 1. The first-order chi connectivity index (χ1) is 15.1. The van der Waals surface area contributed by atoms with E-state index in [0.717, 1.165) is 39.9 Å². The summed E-state index contributed by atoms with van der Waals surface area (Å²) in [6, 6.07) is 9.39. The third-order valence-electron chi connectivity index (χ3n) is 5.49. The summed E-state index contributed by atoms with van der Waals surface area (Å²) in [6.07, 6.45) is 3.69. The summed E-state index contributed by atoms with van der Waals surface area (Å²) in [5.41, 5.74) is 3.36. The molecule has 0 radical (unpaired) electrons. The Labute approximate surface area is 185 Å². The van der Waals surface area contributed by atoms with E-state index in [4.69, 9.17) is 14.5 Å². The minimum absolute atomic E-state index is 0.00663. The van der Waals surface area contributed by atoms with Gasteiger partial charge in [0, 0.05) is 34.6 Å². The van der Waals surface area contributed by atoms with Gasteiger partial charge in [0.25, 0.3) is 5.91 Å². The summed E-state index contributed by atoms with van der Waals surface area (Å²) < 4.78 is 11.2. The number of anilines is 2. The third kappa shape index (κ3) is 4.07. The van der Waals surface area contributed by atoms with Crippen molar-refractivity contribution in [3.8, 4) is 11.5 Å². The number of benzene rings is 1. The van der Waals surface area contributed by atoms with E-state index in [1.165, 1.54) is 0 Å². The van der Waals surface area contributed by atoms with Crippen LogP contribution in [-0.4, -0.2) is 40.5 Å². The predicted octanol–water partition coefficient (Wildman–Crippen LogP) is 4.65. The molecule has 160 valence electrons. The van der Waals surface area contributed by atoms with Gasteiger partial charge in [0.2, 0.25) is 0 Å². The second-order valence-electron chi connectivity index (χ2n) is 7.84. The minimum atomic E-state index is -0.0563. The molecule has 1 amide bonds. The molecule has 1 N–H and O–H groups in total. The standard InChI is InChI=1S/C23H24N4O3S/c1-14-10-17(26-23-24-13-15(2)31-23)12-18(25-14)19-4-3-7-27(19)22(28)16-5-6-20-21(11-16)30-9-8-29-20/h5-6,10-13,19H,3-4,7-9H2,1-2H3,(H,24,25,26)/t19-/m1/s1. The second-order valence-corrected chi connectivity index (χ2v) is 9.07. The first-order valence-corrected chi connectivity index (χ1v) is 11.3. The Morgan fingerprint density at radius 3 is 2.81 bits per heavy atom. The lowest BCUT2D eigenvalue weighted by Gasteiger charge is -2.26. The van der Waals surface area contributed by atoms with E-state index >= 15 is 0 Å². The molecule has 7 nitrogen and oxygen atoms in total. The quantitative estimate of drug-likeness (QED) is 0.642. The number of amides is 1. The van der Waals surface area contributed by atoms with Crippen LogP contribution in [0.1, 0.15) is 45.5 Å². The average Bonchev–Trinajstić information content (AvgIpc) is 3.41. The molecule has 1 atom stereocenters. The van der Waals surface area contributed by atoms with Crippen LogP contribution in [-0.2, 0) is 0 Å². The van der Waals surface area contributed by atoms with Crippen molar-refractivity contribution in [1.29, 1.82) is 0 Å². The molecule has 0 unspecified atom stereocenters. The number of nitrogens with one attached hydrogen (secondary N) is 1. The number of nitrogens with zero attached hydrogens (tertiary/aromatic N) is 3. The monoisotopic (exact) mass is 436 g/mol. The van der Waals surface area contributed by atoms with E-state index in [-0.39, 0.29) is 11.9 Å². The van der Waals surface area contributed by atoms with Crippen molar-refractivity contribution < 1.29 is 14.3 Å². The highest BCUT2D eigenvalue weighted by atomic mass is 32.1. The van der Waals surface area contributed by atoms with Gasteiger partial charge in [0.05, 0.1) is 11.7 Å². The summed E-state index contributed by atoms with van der Waals surface area (Å²) in [5.74, 6) is 1.31.